The van der Waals surface area contributed by atoms with Crippen LogP contribution in [0, 0.1) is 12.7 Å². The molecule has 3 N–H and O–H groups in total. The largest absolute Gasteiger partial charge is 0.416 e. The van der Waals surface area contributed by atoms with Crippen LogP contribution in [0.4, 0.5) is 40.7 Å². The molecule has 1 aliphatic heterocycles. The molecule has 0 radical (unpaired) electrons. The van der Waals surface area contributed by atoms with Crippen LogP contribution in [0.2, 0.25) is 0 Å². The number of hydrogen-bond donors (Lipinski definition) is 3. The molecule has 43 heavy (non-hydrogen) atoms. The molecule has 3 heterocycles. The summed E-state index contributed by atoms with van der Waals surface area (Å²) in [4.78, 5) is 26.3. The molecule has 1 amide bonds. The predicted molar refractivity (Wildman–Crippen MR) is 156 cm³/mol. The number of halogens is 4. The van der Waals surface area contributed by atoms with Crippen LogP contribution in [0.1, 0.15) is 39.9 Å². The van der Waals surface area contributed by atoms with Crippen molar-refractivity contribution < 1.29 is 22.4 Å². The Balaban J connectivity index is 1.20. The lowest BCUT2D eigenvalue weighted by atomic mass is 10.1. The average Bonchev–Trinajstić information content (AvgIpc) is 3.43. The highest BCUT2D eigenvalue weighted by Gasteiger charge is 2.31. The molecule has 13 heteroatoms. The molecule has 9 nitrogen and oxygen atoms in total. The number of piperazine rings is 1. The lowest BCUT2D eigenvalue weighted by Gasteiger charge is -2.34. The number of aryl methyl sites for hydroxylation is 3. The van der Waals surface area contributed by atoms with Crippen molar-refractivity contribution >= 4 is 29.0 Å². The SMILES string of the molecule is CCN1CCN(c2cc(Nc3cc(CCc4cc(NC(=O)c5cccc(C(F)(F)F)c5)ccc4F)[nH]n3)nc(C)n2)CC1. The summed E-state index contributed by atoms with van der Waals surface area (Å²) in [5.74, 6) is 1.49. The fraction of sp³-hybridized carbons (Fsp3) is 0.333. The number of rotatable bonds is 9. The van der Waals surface area contributed by atoms with Gasteiger partial charge in [-0.05, 0) is 68.3 Å². The molecule has 1 aliphatic rings. The van der Waals surface area contributed by atoms with E-state index in [1.807, 2.05) is 19.1 Å². The number of anilines is 4. The number of nitrogens with one attached hydrogen (secondary N) is 3. The van der Waals surface area contributed by atoms with E-state index in [1.165, 1.54) is 30.3 Å². The second kappa shape index (κ2) is 12.8. The van der Waals surface area contributed by atoms with Crippen LogP contribution in [0.15, 0.2) is 54.6 Å². The van der Waals surface area contributed by atoms with Gasteiger partial charge >= 0.3 is 6.18 Å². The number of hydrogen-bond acceptors (Lipinski definition) is 7. The van der Waals surface area contributed by atoms with Gasteiger partial charge in [-0.3, -0.25) is 9.89 Å². The van der Waals surface area contributed by atoms with Gasteiger partial charge in [0.15, 0.2) is 5.82 Å². The number of likely N-dealkylation sites (N-methyl/N-ethyl adjacent to an activating group) is 1. The first kappa shape index (κ1) is 30.0. The summed E-state index contributed by atoms with van der Waals surface area (Å²) in [7, 11) is 0. The smallest absolute Gasteiger partial charge is 0.354 e. The summed E-state index contributed by atoms with van der Waals surface area (Å²) in [5.41, 5.74) is 0.293. The van der Waals surface area contributed by atoms with Gasteiger partial charge in [-0.25, -0.2) is 14.4 Å². The van der Waals surface area contributed by atoms with E-state index in [0.29, 0.717) is 35.9 Å². The molecule has 2 aromatic carbocycles. The van der Waals surface area contributed by atoms with Crippen LogP contribution in [-0.2, 0) is 19.0 Å². The minimum atomic E-state index is -4.57. The fourth-order valence-corrected chi connectivity index (χ4v) is 4.91. The number of H-pyrrole nitrogens is 1. The highest BCUT2D eigenvalue weighted by Crippen LogP contribution is 2.30. The van der Waals surface area contributed by atoms with Gasteiger partial charge in [0.1, 0.15) is 23.3 Å². The minimum Gasteiger partial charge on any atom is -0.354 e. The highest BCUT2D eigenvalue weighted by molar-refractivity contribution is 6.04. The van der Waals surface area contributed by atoms with E-state index in [2.05, 4.69) is 47.5 Å². The molecule has 0 spiro atoms. The third-order valence-corrected chi connectivity index (χ3v) is 7.27. The molecular formula is C30H32F4N8O. The molecule has 0 saturated carbocycles. The third kappa shape index (κ3) is 7.66. The molecular weight excluding hydrogens is 564 g/mol. The average molecular weight is 597 g/mol. The van der Waals surface area contributed by atoms with Gasteiger partial charge in [-0.2, -0.15) is 18.3 Å². The Morgan fingerprint density at radius 2 is 1.77 bits per heavy atom. The zero-order chi connectivity index (χ0) is 30.6. The van der Waals surface area contributed by atoms with Crippen molar-refractivity contribution in [2.24, 2.45) is 0 Å². The number of aromatic nitrogens is 4. The van der Waals surface area contributed by atoms with E-state index in [9.17, 15) is 22.4 Å². The highest BCUT2D eigenvalue weighted by atomic mass is 19.4. The summed E-state index contributed by atoms with van der Waals surface area (Å²) in [5, 5.41) is 13.0. The molecule has 5 rings (SSSR count). The molecule has 1 fully saturated rings. The van der Waals surface area contributed by atoms with Crippen LogP contribution in [0.5, 0.6) is 0 Å². The Kier molecular flexibility index (Phi) is 8.90. The summed E-state index contributed by atoms with van der Waals surface area (Å²) in [6.07, 6.45) is -3.85. The maximum Gasteiger partial charge on any atom is 0.416 e. The second-order valence-electron chi connectivity index (χ2n) is 10.3. The number of benzene rings is 2. The second-order valence-corrected chi connectivity index (χ2v) is 10.3. The van der Waals surface area contributed by atoms with Crippen molar-refractivity contribution in [1.82, 2.24) is 25.1 Å². The van der Waals surface area contributed by atoms with Crippen molar-refractivity contribution in [1.29, 1.82) is 0 Å². The summed E-state index contributed by atoms with van der Waals surface area (Å²) >= 11 is 0. The van der Waals surface area contributed by atoms with Crippen LogP contribution in [0.3, 0.4) is 0 Å². The predicted octanol–water partition coefficient (Wildman–Crippen LogP) is 5.59. The van der Waals surface area contributed by atoms with E-state index in [-0.39, 0.29) is 11.3 Å². The number of carbonyl (C=O) groups is 1. The van der Waals surface area contributed by atoms with Crippen molar-refractivity contribution in [3.63, 3.8) is 0 Å². The van der Waals surface area contributed by atoms with Crippen LogP contribution in [-0.4, -0.2) is 63.7 Å². The summed E-state index contributed by atoms with van der Waals surface area (Å²) in [6.45, 7) is 8.78. The number of alkyl halides is 3. The maximum atomic E-state index is 14.6. The Labute approximate surface area is 246 Å². The van der Waals surface area contributed by atoms with E-state index in [0.717, 1.165) is 56.4 Å². The molecule has 0 bridgehead atoms. The zero-order valence-electron chi connectivity index (χ0n) is 23.8. The molecule has 2 aromatic heterocycles. The third-order valence-electron chi connectivity index (χ3n) is 7.27. The normalized spacial score (nSPS) is 14.1. The number of aromatic amines is 1. The van der Waals surface area contributed by atoms with E-state index in [4.69, 9.17) is 0 Å². The molecule has 0 aliphatic carbocycles. The lowest BCUT2D eigenvalue weighted by molar-refractivity contribution is -0.137. The van der Waals surface area contributed by atoms with Crippen LogP contribution < -0.4 is 15.5 Å². The first-order valence-corrected chi connectivity index (χ1v) is 14.0. The van der Waals surface area contributed by atoms with E-state index >= 15 is 0 Å². The number of amides is 1. The monoisotopic (exact) mass is 596 g/mol. The number of nitrogens with zero attached hydrogens (tertiary/aromatic N) is 5. The Bertz CT molecular complexity index is 1580. The fourth-order valence-electron chi connectivity index (χ4n) is 4.91. The Morgan fingerprint density at radius 1 is 0.977 bits per heavy atom. The van der Waals surface area contributed by atoms with Crippen LogP contribution >= 0.6 is 0 Å². The lowest BCUT2D eigenvalue weighted by Crippen LogP contribution is -2.46. The maximum absolute atomic E-state index is 14.6. The van der Waals surface area contributed by atoms with Gasteiger partial charge < -0.3 is 20.4 Å². The van der Waals surface area contributed by atoms with E-state index < -0.39 is 23.5 Å². The molecule has 1 saturated heterocycles. The van der Waals surface area contributed by atoms with Gasteiger partial charge in [-0.15, -0.1) is 0 Å². The molecule has 0 atom stereocenters. The van der Waals surface area contributed by atoms with Gasteiger partial charge in [0.05, 0.1) is 5.56 Å². The van der Waals surface area contributed by atoms with Crippen LogP contribution in [0.25, 0.3) is 0 Å². The van der Waals surface area contributed by atoms with Gasteiger partial charge in [0.2, 0.25) is 0 Å². The first-order valence-electron chi connectivity index (χ1n) is 14.0. The number of carbonyl (C=O) groups excluding carboxylic acids is 1. The molecule has 4 aromatic rings. The van der Waals surface area contributed by atoms with Gasteiger partial charge in [0.25, 0.3) is 5.91 Å². The van der Waals surface area contributed by atoms with Crippen molar-refractivity contribution in [2.75, 3.05) is 48.3 Å². The minimum absolute atomic E-state index is 0.150. The zero-order valence-corrected chi connectivity index (χ0v) is 23.8. The molecule has 226 valence electrons. The summed E-state index contributed by atoms with van der Waals surface area (Å²) in [6, 6.07) is 11.9. The van der Waals surface area contributed by atoms with Crippen molar-refractivity contribution in [3.05, 3.63) is 88.6 Å². The Morgan fingerprint density at radius 3 is 2.51 bits per heavy atom. The van der Waals surface area contributed by atoms with Crippen molar-refractivity contribution in [2.45, 2.75) is 32.9 Å². The quantitative estimate of drug-likeness (QED) is 0.217. The van der Waals surface area contributed by atoms with E-state index in [1.54, 1.807) is 0 Å². The standard InChI is InChI=1S/C30H32F4N8O/c1-3-41-11-13-42(14-12-41)28-18-26(35-19(2)36-28)38-27-17-24(39-40-27)8-7-20-16-23(9-10-25(20)31)37-29(43)21-5-4-6-22(15-21)30(32,33)34/h4-6,9-10,15-18H,3,7-8,11-14H2,1-2H3,(H,37,43)(H2,35,36,38,39,40). The molecule has 0 unspecified atom stereocenters. The van der Waals surface area contributed by atoms with Crippen molar-refractivity contribution in [3.8, 4) is 0 Å². The Hall–Kier alpha value is -4.52. The van der Waals surface area contributed by atoms with Gasteiger partial charge in [-0.1, -0.05) is 13.0 Å². The van der Waals surface area contributed by atoms with Gasteiger partial charge in [0, 0.05) is 55.3 Å². The first-order chi connectivity index (χ1) is 20.6. The topological polar surface area (TPSA) is 102 Å². The summed E-state index contributed by atoms with van der Waals surface area (Å²) < 4.78 is 53.6.